The zero-order valence-electron chi connectivity index (χ0n) is 14.0. The Kier molecular flexibility index (Phi) is 3.59. The third-order valence-electron chi connectivity index (χ3n) is 5.07. The van der Waals surface area contributed by atoms with Crippen LogP contribution in [0.4, 0.5) is 0 Å². The number of benzene rings is 1. The van der Waals surface area contributed by atoms with Crippen molar-refractivity contribution >= 4 is 16.9 Å². The average Bonchev–Trinajstić information content (AvgIpc) is 3.36. The molecule has 0 radical (unpaired) electrons. The number of rotatable bonds is 3. The molecule has 4 heterocycles. The van der Waals surface area contributed by atoms with Gasteiger partial charge in [-0.1, -0.05) is 30.8 Å². The Morgan fingerprint density at radius 1 is 1.20 bits per heavy atom. The first-order valence-electron chi connectivity index (χ1n) is 8.64. The smallest absolute Gasteiger partial charge is 0.231 e. The largest absolute Gasteiger partial charge is 0.454 e. The van der Waals surface area contributed by atoms with Crippen molar-refractivity contribution in [1.29, 1.82) is 0 Å². The van der Waals surface area contributed by atoms with E-state index in [9.17, 15) is 0 Å². The molecule has 0 aliphatic carbocycles. The molecule has 0 N–H and O–H groups in total. The van der Waals surface area contributed by atoms with E-state index >= 15 is 0 Å². The highest BCUT2D eigenvalue weighted by Gasteiger charge is 2.45. The van der Waals surface area contributed by atoms with Crippen molar-refractivity contribution in [2.75, 3.05) is 12.5 Å². The minimum absolute atomic E-state index is 0.0124. The van der Waals surface area contributed by atoms with Gasteiger partial charge in [-0.25, -0.2) is 0 Å². The van der Waals surface area contributed by atoms with E-state index in [1.54, 1.807) is 0 Å². The molecule has 5 rings (SSSR count). The third-order valence-corrected chi connectivity index (χ3v) is 6.19. The van der Waals surface area contributed by atoms with Crippen molar-refractivity contribution in [1.82, 2.24) is 9.88 Å². The fraction of sp³-hybridized carbons (Fsp3) is 0.368. The third kappa shape index (κ3) is 2.39. The van der Waals surface area contributed by atoms with Gasteiger partial charge in [0.15, 0.2) is 16.7 Å². The molecular weight excluding hydrogens is 334 g/mol. The van der Waals surface area contributed by atoms with Crippen LogP contribution in [0.1, 0.15) is 36.7 Å². The summed E-state index contributed by atoms with van der Waals surface area (Å²) in [4.78, 5) is 12.1. The number of fused-ring (bicyclic) bond motifs is 2. The molecular formula is C19H19N3O2S. The van der Waals surface area contributed by atoms with Gasteiger partial charge in [-0.3, -0.25) is 9.98 Å². The average molecular weight is 353 g/mol. The van der Waals surface area contributed by atoms with Crippen LogP contribution >= 0.6 is 11.8 Å². The maximum Gasteiger partial charge on any atom is 0.231 e. The summed E-state index contributed by atoms with van der Waals surface area (Å²) in [7, 11) is 0. The van der Waals surface area contributed by atoms with E-state index in [1.165, 1.54) is 5.56 Å². The molecule has 1 fully saturated rings. The molecule has 1 aromatic carbocycles. The topological polar surface area (TPSA) is 47.0 Å². The molecule has 3 unspecified atom stereocenters. The molecule has 6 heteroatoms. The lowest BCUT2D eigenvalue weighted by molar-refractivity contribution is 0.173. The number of nitrogens with zero attached hydrogens (tertiary/aromatic N) is 3. The van der Waals surface area contributed by atoms with Gasteiger partial charge in [0.2, 0.25) is 6.79 Å². The standard InChI is InChI=1S/C19H19N3O2S/c1-2-13-10-25-19-21-17(14-5-3-4-8-20-14)18(22(13)19)12-6-7-15-16(9-12)24-11-23-15/h3-9,13,17-18H,2,10-11H2,1H3. The number of pyridine rings is 1. The summed E-state index contributed by atoms with van der Waals surface area (Å²) in [6.45, 7) is 2.55. The van der Waals surface area contributed by atoms with Crippen LogP contribution in [0.25, 0.3) is 0 Å². The second kappa shape index (κ2) is 5.95. The van der Waals surface area contributed by atoms with E-state index in [-0.39, 0.29) is 12.1 Å². The maximum atomic E-state index is 5.61. The molecule has 128 valence electrons. The molecule has 0 amide bonds. The van der Waals surface area contributed by atoms with Gasteiger partial charge < -0.3 is 14.4 Å². The van der Waals surface area contributed by atoms with Crippen molar-refractivity contribution < 1.29 is 9.47 Å². The summed E-state index contributed by atoms with van der Waals surface area (Å²) in [6, 6.07) is 13.0. The van der Waals surface area contributed by atoms with Crippen molar-refractivity contribution in [3.8, 4) is 11.5 Å². The first-order valence-corrected chi connectivity index (χ1v) is 9.63. The second-order valence-electron chi connectivity index (χ2n) is 6.45. The molecule has 1 saturated heterocycles. The fourth-order valence-corrected chi connectivity index (χ4v) is 5.14. The van der Waals surface area contributed by atoms with Crippen LogP contribution in [0.3, 0.4) is 0 Å². The lowest BCUT2D eigenvalue weighted by Crippen LogP contribution is -2.35. The minimum Gasteiger partial charge on any atom is -0.454 e. The number of thioether (sulfide) groups is 1. The Balaban J connectivity index is 1.60. The second-order valence-corrected chi connectivity index (χ2v) is 7.44. The quantitative estimate of drug-likeness (QED) is 0.840. The van der Waals surface area contributed by atoms with Crippen molar-refractivity contribution in [2.24, 2.45) is 4.99 Å². The number of aliphatic imine (C=N–C) groups is 1. The van der Waals surface area contributed by atoms with Crippen LogP contribution in [0, 0.1) is 0 Å². The van der Waals surface area contributed by atoms with Crippen LogP contribution in [-0.2, 0) is 0 Å². The van der Waals surface area contributed by atoms with Crippen LogP contribution in [0.5, 0.6) is 11.5 Å². The Hall–Kier alpha value is -2.21. The van der Waals surface area contributed by atoms with E-state index in [4.69, 9.17) is 14.5 Å². The molecule has 0 saturated carbocycles. The van der Waals surface area contributed by atoms with Gasteiger partial charge in [0, 0.05) is 18.0 Å². The van der Waals surface area contributed by atoms with Crippen molar-refractivity contribution in [2.45, 2.75) is 31.5 Å². The molecule has 1 aromatic heterocycles. The predicted molar refractivity (Wildman–Crippen MR) is 98.1 cm³/mol. The lowest BCUT2D eigenvalue weighted by Gasteiger charge is -2.32. The SMILES string of the molecule is CCC1CSC2=NC(c3ccccn3)C(c3ccc4c(c3)OCO4)N21. The van der Waals surface area contributed by atoms with Crippen molar-refractivity contribution in [3.63, 3.8) is 0 Å². The Labute approximate surface area is 151 Å². The van der Waals surface area contributed by atoms with E-state index in [2.05, 4.69) is 35.0 Å². The number of hydrogen-bond acceptors (Lipinski definition) is 6. The minimum atomic E-state index is 0.0124. The van der Waals surface area contributed by atoms with Crippen molar-refractivity contribution in [3.05, 3.63) is 53.9 Å². The van der Waals surface area contributed by atoms with Gasteiger partial charge in [-0.15, -0.1) is 0 Å². The highest BCUT2D eigenvalue weighted by Crippen LogP contribution is 2.49. The number of ether oxygens (including phenoxy) is 2. The van der Waals surface area contributed by atoms with E-state index in [1.807, 2.05) is 36.2 Å². The summed E-state index contributed by atoms with van der Waals surface area (Å²) in [5.41, 5.74) is 2.22. The molecule has 3 aliphatic rings. The molecule has 0 spiro atoms. The Morgan fingerprint density at radius 2 is 2.12 bits per heavy atom. The van der Waals surface area contributed by atoms with Gasteiger partial charge in [0.1, 0.15) is 6.04 Å². The van der Waals surface area contributed by atoms with Gasteiger partial charge >= 0.3 is 0 Å². The zero-order chi connectivity index (χ0) is 16.8. The molecule has 3 aliphatic heterocycles. The van der Waals surface area contributed by atoms with Crippen LogP contribution in [0.15, 0.2) is 47.6 Å². The lowest BCUT2D eigenvalue weighted by atomic mass is 9.95. The highest BCUT2D eigenvalue weighted by atomic mass is 32.2. The number of aromatic nitrogens is 1. The first-order chi connectivity index (χ1) is 12.3. The van der Waals surface area contributed by atoms with E-state index in [0.717, 1.165) is 34.5 Å². The summed E-state index contributed by atoms with van der Waals surface area (Å²) in [6.07, 6.45) is 2.96. The number of hydrogen-bond donors (Lipinski definition) is 0. The molecule has 3 atom stereocenters. The van der Waals surface area contributed by atoms with Gasteiger partial charge in [-0.05, 0) is 36.2 Å². The Morgan fingerprint density at radius 3 is 2.96 bits per heavy atom. The van der Waals surface area contributed by atoms with E-state index in [0.29, 0.717) is 12.8 Å². The molecule has 0 bridgehead atoms. The molecule has 2 aromatic rings. The van der Waals surface area contributed by atoms with Crippen LogP contribution in [0.2, 0.25) is 0 Å². The summed E-state index contributed by atoms with van der Waals surface area (Å²) in [5, 5.41) is 1.14. The monoisotopic (exact) mass is 353 g/mol. The van der Waals surface area contributed by atoms with Crippen LogP contribution < -0.4 is 9.47 Å². The summed E-state index contributed by atoms with van der Waals surface area (Å²) < 4.78 is 11.1. The van der Waals surface area contributed by atoms with Gasteiger partial charge in [-0.2, -0.15) is 0 Å². The summed E-state index contributed by atoms with van der Waals surface area (Å²) >= 11 is 1.86. The van der Waals surface area contributed by atoms with Gasteiger partial charge in [0.25, 0.3) is 0 Å². The van der Waals surface area contributed by atoms with E-state index < -0.39 is 0 Å². The molecule has 25 heavy (non-hydrogen) atoms. The highest BCUT2D eigenvalue weighted by molar-refractivity contribution is 8.14. The Bertz CT molecular complexity index is 827. The molecule has 5 nitrogen and oxygen atoms in total. The zero-order valence-corrected chi connectivity index (χ0v) is 14.8. The fourth-order valence-electron chi connectivity index (χ4n) is 3.81. The summed E-state index contributed by atoms with van der Waals surface area (Å²) in [5.74, 6) is 2.75. The van der Waals surface area contributed by atoms with Crippen LogP contribution in [-0.4, -0.2) is 33.6 Å². The predicted octanol–water partition coefficient (Wildman–Crippen LogP) is 3.79. The number of amidine groups is 1. The maximum absolute atomic E-state index is 5.61. The van der Waals surface area contributed by atoms with Gasteiger partial charge in [0.05, 0.1) is 11.7 Å². The first kappa shape index (κ1) is 15.1. The normalized spacial score (nSPS) is 26.7.